The van der Waals surface area contributed by atoms with Crippen LogP contribution in [-0.2, 0) is 4.79 Å². The molecule has 1 aliphatic rings. The van der Waals surface area contributed by atoms with Gasteiger partial charge in [-0.3, -0.25) is 14.7 Å². The zero-order valence-electron chi connectivity index (χ0n) is 18.1. The van der Waals surface area contributed by atoms with Crippen LogP contribution in [0.15, 0.2) is 41.8 Å². The number of aryl methyl sites for hydroxylation is 2. The SMILES string of the molecule is CCCCSc1nnc2c(n1)OC(c1cccnc1)N(C(C)=O)c1c(C)cc(C)cc1-2. The van der Waals surface area contributed by atoms with Gasteiger partial charge in [-0.2, -0.15) is 4.98 Å². The van der Waals surface area contributed by atoms with Crippen LogP contribution < -0.4 is 9.64 Å². The highest BCUT2D eigenvalue weighted by Gasteiger charge is 2.35. The molecule has 0 N–H and O–H groups in total. The van der Waals surface area contributed by atoms with Crippen molar-refractivity contribution in [3.63, 3.8) is 0 Å². The average molecular weight is 436 g/mol. The third-order valence-corrected chi connectivity index (χ3v) is 6.00. The minimum Gasteiger partial charge on any atom is -0.447 e. The quantitative estimate of drug-likeness (QED) is 0.417. The summed E-state index contributed by atoms with van der Waals surface area (Å²) in [6.45, 7) is 7.70. The Morgan fingerprint density at radius 1 is 1.26 bits per heavy atom. The summed E-state index contributed by atoms with van der Waals surface area (Å²) in [6.07, 6.45) is 4.87. The van der Waals surface area contributed by atoms with E-state index in [1.807, 2.05) is 32.0 Å². The monoisotopic (exact) mass is 435 g/mol. The normalized spacial score (nSPS) is 15.0. The smallest absolute Gasteiger partial charge is 0.247 e. The van der Waals surface area contributed by atoms with Crippen molar-refractivity contribution < 1.29 is 9.53 Å². The largest absolute Gasteiger partial charge is 0.447 e. The first-order valence-corrected chi connectivity index (χ1v) is 11.3. The molecule has 0 radical (unpaired) electrons. The minimum atomic E-state index is -0.710. The summed E-state index contributed by atoms with van der Waals surface area (Å²) in [5.41, 5.74) is 4.87. The molecule has 7 nitrogen and oxygen atoms in total. The molecule has 0 saturated heterocycles. The number of unbranched alkanes of at least 4 members (excludes halogenated alkanes) is 1. The average Bonchev–Trinajstić information content (AvgIpc) is 2.89. The molecular weight excluding hydrogens is 410 g/mol. The highest BCUT2D eigenvalue weighted by Crippen LogP contribution is 2.45. The molecule has 1 atom stereocenters. The molecule has 1 unspecified atom stereocenters. The number of anilines is 1. The number of pyridine rings is 1. The maximum atomic E-state index is 12.9. The second-order valence-corrected chi connectivity index (χ2v) is 8.64. The van der Waals surface area contributed by atoms with Crippen molar-refractivity contribution in [1.82, 2.24) is 20.2 Å². The van der Waals surface area contributed by atoms with Crippen molar-refractivity contribution >= 4 is 23.4 Å². The van der Waals surface area contributed by atoms with Crippen molar-refractivity contribution in [2.75, 3.05) is 10.7 Å². The van der Waals surface area contributed by atoms with Crippen LogP contribution in [0.1, 0.15) is 49.6 Å². The number of thioether (sulfide) groups is 1. The molecule has 3 heterocycles. The van der Waals surface area contributed by atoms with Gasteiger partial charge in [0.25, 0.3) is 0 Å². The van der Waals surface area contributed by atoms with Crippen molar-refractivity contribution in [2.24, 2.45) is 0 Å². The molecule has 1 aliphatic heterocycles. The van der Waals surface area contributed by atoms with Crippen LogP contribution in [0.2, 0.25) is 0 Å². The van der Waals surface area contributed by atoms with E-state index >= 15 is 0 Å². The number of hydrogen-bond donors (Lipinski definition) is 0. The van der Waals surface area contributed by atoms with Crippen molar-refractivity contribution in [3.8, 4) is 17.1 Å². The lowest BCUT2D eigenvalue weighted by Crippen LogP contribution is -2.36. The Morgan fingerprint density at radius 2 is 2.10 bits per heavy atom. The number of carbonyl (C=O) groups excluding carboxylic acids is 1. The van der Waals surface area contributed by atoms with Crippen LogP contribution in [0, 0.1) is 13.8 Å². The number of benzene rings is 1. The zero-order chi connectivity index (χ0) is 22.0. The highest BCUT2D eigenvalue weighted by molar-refractivity contribution is 7.99. The van der Waals surface area contributed by atoms with Gasteiger partial charge in [0, 0.05) is 36.2 Å². The lowest BCUT2D eigenvalue weighted by atomic mass is 10.00. The molecule has 160 valence electrons. The maximum Gasteiger partial charge on any atom is 0.247 e. The Labute approximate surface area is 186 Å². The third kappa shape index (κ3) is 4.25. The van der Waals surface area contributed by atoms with E-state index < -0.39 is 6.23 Å². The van der Waals surface area contributed by atoms with E-state index in [0.29, 0.717) is 16.7 Å². The summed E-state index contributed by atoms with van der Waals surface area (Å²) in [5.74, 6) is 1.15. The fourth-order valence-corrected chi connectivity index (χ4v) is 4.58. The molecule has 3 aromatic rings. The highest BCUT2D eigenvalue weighted by atomic mass is 32.2. The molecule has 1 amide bonds. The first-order chi connectivity index (χ1) is 15.0. The molecule has 0 spiro atoms. The number of ether oxygens (including phenoxy) is 1. The first kappa shape index (κ1) is 21.2. The molecule has 1 aromatic carbocycles. The topological polar surface area (TPSA) is 81.1 Å². The van der Waals surface area contributed by atoms with E-state index in [4.69, 9.17) is 4.74 Å². The molecule has 31 heavy (non-hydrogen) atoms. The lowest BCUT2D eigenvalue weighted by molar-refractivity contribution is -0.118. The van der Waals surface area contributed by atoms with Crippen molar-refractivity contribution in [3.05, 3.63) is 53.3 Å². The van der Waals surface area contributed by atoms with Crippen molar-refractivity contribution in [2.45, 2.75) is 51.9 Å². The molecule has 2 aromatic heterocycles. The Kier molecular flexibility index (Phi) is 6.18. The fourth-order valence-electron chi connectivity index (χ4n) is 3.72. The predicted octanol–water partition coefficient (Wildman–Crippen LogP) is 4.89. The summed E-state index contributed by atoms with van der Waals surface area (Å²) in [7, 11) is 0. The Hall–Kier alpha value is -3.00. The van der Waals surface area contributed by atoms with Gasteiger partial charge in [-0.05, 0) is 38.0 Å². The Balaban J connectivity index is 1.92. The molecule has 0 fully saturated rings. The van der Waals surface area contributed by atoms with Gasteiger partial charge >= 0.3 is 0 Å². The van der Waals surface area contributed by atoms with Gasteiger partial charge in [-0.1, -0.05) is 42.8 Å². The predicted molar refractivity (Wildman–Crippen MR) is 121 cm³/mol. The number of fused-ring (bicyclic) bond motifs is 3. The van der Waals surface area contributed by atoms with E-state index in [-0.39, 0.29) is 5.91 Å². The molecule has 0 bridgehead atoms. The molecule has 0 saturated carbocycles. The van der Waals surface area contributed by atoms with Crippen LogP contribution in [0.5, 0.6) is 5.88 Å². The summed E-state index contributed by atoms with van der Waals surface area (Å²) in [5, 5.41) is 9.40. The van der Waals surface area contributed by atoms with E-state index in [1.165, 1.54) is 6.92 Å². The van der Waals surface area contributed by atoms with Gasteiger partial charge in [0.2, 0.25) is 23.2 Å². The number of hydrogen-bond acceptors (Lipinski definition) is 7. The standard InChI is InChI=1S/C23H25N5O2S/c1-5-6-10-31-23-25-21-19(26-27-23)18-12-14(2)11-15(3)20(18)28(16(4)29)22(30-21)17-8-7-9-24-13-17/h7-9,11-13,22H,5-6,10H2,1-4H3. The maximum absolute atomic E-state index is 12.9. The number of nitrogens with zero attached hydrogens (tertiary/aromatic N) is 5. The number of carbonyl (C=O) groups is 1. The van der Waals surface area contributed by atoms with E-state index in [2.05, 4.69) is 33.2 Å². The second kappa shape index (κ2) is 9.01. The van der Waals surface area contributed by atoms with Gasteiger partial charge < -0.3 is 4.74 Å². The minimum absolute atomic E-state index is 0.139. The molecular formula is C23H25N5O2S. The Morgan fingerprint density at radius 3 is 2.81 bits per heavy atom. The number of aromatic nitrogens is 4. The summed E-state index contributed by atoms with van der Waals surface area (Å²) < 4.78 is 6.38. The van der Waals surface area contributed by atoms with Crippen LogP contribution in [0.25, 0.3) is 11.3 Å². The third-order valence-electron chi connectivity index (χ3n) is 5.07. The van der Waals surface area contributed by atoms with Crippen LogP contribution in [-0.4, -0.2) is 31.8 Å². The Bertz CT molecular complexity index is 1110. The number of amides is 1. The molecule has 0 aliphatic carbocycles. The molecule has 4 rings (SSSR count). The van der Waals surface area contributed by atoms with Crippen LogP contribution in [0.4, 0.5) is 5.69 Å². The van der Waals surface area contributed by atoms with E-state index in [1.54, 1.807) is 29.1 Å². The lowest BCUT2D eigenvalue weighted by Gasteiger charge is -2.30. The van der Waals surface area contributed by atoms with Gasteiger partial charge in [0.1, 0.15) is 0 Å². The van der Waals surface area contributed by atoms with Gasteiger partial charge in [0.05, 0.1) is 5.69 Å². The second-order valence-electron chi connectivity index (χ2n) is 7.57. The number of rotatable bonds is 5. The van der Waals surface area contributed by atoms with Crippen LogP contribution in [0.3, 0.4) is 0 Å². The fraction of sp³-hybridized carbons (Fsp3) is 0.348. The van der Waals surface area contributed by atoms with Gasteiger partial charge in [0.15, 0.2) is 5.69 Å². The summed E-state index contributed by atoms with van der Waals surface area (Å²) in [4.78, 5) is 23.5. The molecule has 8 heteroatoms. The van der Waals surface area contributed by atoms with Gasteiger partial charge in [-0.25, -0.2) is 0 Å². The first-order valence-electron chi connectivity index (χ1n) is 10.3. The summed E-state index contributed by atoms with van der Waals surface area (Å²) >= 11 is 1.56. The van der Waals surface area contributed by atoms with Gasteiger partial charge in [-0.15, -0.1) is 10.2 Å². The van der Waals surface area contributed by atoms with Crippen molar-refractivity contribution in [1.29, 1.82) is 0 Å². The summed E-state index contributed by atoms with van der Waals surface area (Å²) in [6, 6.07) is 7.78. The van der Waals surface area contributed by atoms with Crippen LogP contribution >= 0.6 is 11.8 Å². The zero-order valence-corrected chi connectivity index (χ0v) is 18.9. The van der Waals surface area contributed by atoms with E-state index in [9.17, 15) is 4.79 Å². The van der Waals surface area contributed by atoms with E-state index in [0.717, 1.165) is 46.5 Å².